The van der Waals surface area contributed by atoms with E-state index in [1.54, 1.807) is 30.3 Å². The number of halogens is 1. The summed E-state index contributed by atoms with van der Waals surface area (Å²) in [6.45, 7) is 0.515. The molecule has 9 nitrogen and oxygen atoms in total. The van der Waals surface area contributed by atoms with Crippen molar-refractivity contribution >= 4 is 29.4 Å². The summed E-state index contributed by atoms with van der Waals surface area (Å²) >= 11 is 5.78. The molecule has 0 atom stereocenters. The fourth-order valence-corrected chi connectivity index (χ4v) is 2.65. The molecular formula is C22H21ClN4O5. The van der Waals surface area contributed by atoms with Crippen LogP contribution in [0.1, 0.15) is 26.7 Å². The average molecular weight is 457 g/mol. The van der Waals surface area contributed by atoms with Crippen LogP contribution in [-0.4, -0.2) is 30.9 Å². The molecule has 0 fully saturated rings. The van der Waals surface area contributed by atoms with Gasteiger partial charge < -0.3 is 19.8 Å². The van der Waals surface area contributed by atoms with E-state index in [2.05, 4.69) is 21.5 Å². The molecule has 3 rings (SSSR count). The van der Waals surface area contributed by atoms with Crippen molar-refractivity contribution < 1.29 is 23.5 Å². The zero-order valence-electron chi connectivity index (χ0n) is 16.9. The second kappa shape index (κ2) is 11.4. The molecule has 0 radical (unpaired) electrons. The summed E-state index contributed by atoms with van der Waals surface area (Å²) in [5.41, 5.74) is 4.89. The van der Waals surface area contributed by atoms with Gasteiger partial charge >= 0.3 is 11.9 Å². The molecule has 0 aliphatic carbocycles. The summed E-state index contributed by atoms with van der Waals surface area (Å²) in [4.78, 5) is 35.8. The fraction of sp³-hybridized carbons (Fsp3) is 0.136. The summed E-state index contributed by atoms with van der Waals surface area (Å²) < 4.78 is 11.0. The number of hydrazine groups is 1. The minimum atomic E-state index is -0.640. The lowest BCUT2D eigenvalue weighted by molar-refractivity contribution is 0.0904. The second-order valence-corrected chi connectivity index (χ2v) is 6.90. The zero-order valence-corrected chi connectivity index (χ0v) is 17.6. The van der Waals surface area contributed by atoms with Gasteiger partial charge in [0, 0.05) is 23.7 Å². The van der Waals surface area contributed by atoms with Gasteiger partial charge in [-0.15, -0.1) is 0 Å². The van der Waals surface area contributed by atoms with Crippen LogP contribution in [0.4, 0.5) is 4.79 Å². The van der Waals surface area contributed by atoms with Crippen LogP contribution in [0.2, 0.25) is 5.02 Å². The number of hydrogen-bond acceptors (Lipinski definition) is 5. The lowest BCUT2D eigenvalue weighted by atomic mass is 10.2. The normalized spacial score (nSPS) is 10.2. The number of rotatable bonds is 8. The summed E-state index contributed by atoms with van der Waals surface area (Å²) in [6, 6.07) is 18.1. The molecule has 3 aromatic rings. The quantitative estimate of drug-likeness (QED) is 0.307. The molecule has 0 aliphatic rings. The van der Waals surface area contributed by atoms with E-state index in [0.717, 1.165) is 0 Å². The molecule has 4 amide bonds. The van der Waals surface area contributed by atoms with Gasteiger partial charge in [-0.1, -0.05) is 29.8 Å². The van der Waals surface area contributed by atoms with Crippen molar-refractivity contribution in [3.8, 4) is 5.75 Å². The van der Waals surface area contributed by atoms with E-state index in [0.29, 0.717) is 22.1 Å². The molecule has 0 unspecified atom stereocenters. The van der Waals surface area contributed by atoms with E-state index in [1.807, 2.05) is 30.3 Å². The van der Waals surface area contributed by atoms with Crippen molar-refractivity contribution in [1.29, 1.82) is 0 Å². The van der Waals surface area contributed by atoms with Gasteiger partial charge in [0.05, 0.1) is 0 Å². The predicted molar refractivity (Wildman–Crippen MR) is 117 cm³/mol. The Morgan fingerprint density at radius 2 is 1.53 bits per heavy atom. The third-order valence-corrected chi connectivity index (χ3v) is 4.35. The molecule has 1 aromatic heterocycles. The van der Waals surface area contributed by atoms with Gasteiger partial charge in [-0.2, -0.15) is 0 Å². The SMILES string of the molecule is O=C(NCCNC(=O)c1ccc(Cl)cc1)NNC(=O)c1ccc(COc2ccccc2)o1. The van der Waals surface area contributed by atoms with Crippen molar-refractivity contribution in [2.24, 2.45) is 0 Å². The number of urea groups is 1. The molecule has 0 saturated carbocycles. The number of furan rings is 1. The minimum Gasteiger partial charge on any atom is -0.486 e. The first-order valence-corrected chi connectivity index (χ1v) is 10.0. The van der Waals surface area contributed by atoms with Crippen LogP contribution in [-0.2, 0) is 6.61 Å². The maximum absolute atomic E-state index is 12.1. The van der Waals surface area contributed by atoms with Crippen LogP contribution in [0.5, 0.6) is 5.75 Å². The number of para-hydroxylation sites is 1. The Kier molecular flexibility index (Phi) is 8.10. The summed E-state index contributed by atoms with van der Waals surface area (Å²) in [5, 5.41) is 5.69. The number of ether oxygens (including phenoxy) is 1. The third kappa shape index (κ3) is 7.06. The molecule has 2 aromatic carbocycles. The first kappa shape index (κ1) is 22.7. The van der Waals surface area contributed by atoms with Crippen molar-refractivity contribution in [3.05, 3.63) is 88.8 Å². The van der Waals surface area contributed by atoms with E-state index in [1.165, 1.54) is 6.07 Å². The lowest BCUT2D eigenvalue weighted by Crippen LogP contribution is -2.48. The smallest absolute Gasteiger partial charge is 0.333 e. The highest BCUT2D eigenvalue weighted by atomic mass is 35.5. The second-order valence-electron chi connectivity index (χ2n) is 6.47. The Labute approximate surface area is 189 Å². The Hall–Kier alpha value is -3.98. The van der Waals surface area contributed by atoms with Gasteiger partial charge in [-0.25, -0.2) is 10.2 Å². The number of amides is 4. The highest BCUT2D eigenvalue weighted by Gasteiger charge is 2.12. The topological polar surface area (TPSA) is 122 Å². The predicted octanol–water partition coefficient (Wildman–Crippen LogP) is 2.89. The van der Waals surface area contributed by atoms with E-state index >= 15 is 0 Å². The van der Waals surface area contributed by atoms with Crippen molar-refractivity contribution in [2.75, 3.05) is 13.1 Å². The molecule has 10 heteroatoms. The van der Waals surface area contributed by atoms with Crippen LogP contribution in [0.15, 0.2) is 71.1 Å². The molecule has 0 saturated heterocycles. The molecule has 166 valence electrons. The molecule has 4 N–H and O–H groups in total. The van der Waals surface area contributed by atoms with Gasteiger partial charge in [0.15, 0.2) is 5.76 Å². The van der Waals surface area contributed by atoms with E-state index in [9.17, 15) is 14.4 Å². The molecular weight excluding hydrogens is 436 g/mol. The molecule has 0 aliphatic heterocycles. The standard InChI is InChI=1S/C22H21ClN4O5/c23-16-8-6-15(7-9-16)20(28)24-12-13-25-22(30)27-26-21(29)19-11-10-18(32-19)14-31-17-4-2-1-3-5-17/h1-11H,12-14H2,(H,24,28)(H,26,29)(H2,25,27,30). The number of nitrogens with one attached hydrogen (secondary N) is 4. The third-order valence-electron chi connectivity index (χ3n) is 4.10. The van der Waals surface area contributed by atoms with Crippen molar-refractivity contribution in [3.63, 3.8) is 0 Å². The minimum absolute atomic E-state index is 0.0205. The highest BCUT2D eigenvalue weighted by molar-refractivity contribution is 6.30. The van der Waals surface area contributed by atoms with E-state index in [-0.39, 0.29) is 31.4 Å². The average Bonchev–Trinajstić information content (AvgIpc) is 3.29. The Morgan fingerprint density at radius 3 is 2.28 bits per heavy atom. The fourth-order valence-electron chi connectivity index (χ4n) is 2.52. The number of hydrogen-bond donors (Lipinski definition) is 4. The Bertz CT molecular complexity index is 1050. The van der Waals surface area contributed by atoms with Gasteiger partial charge in [0.2, 0.25) is 0 Å². The Balaban J connectivity index is 1.32. The first-order valence-electron chi connectivity index (χ1n) is 9.66. The number of carbonyl (C=O) groups is 3. The van der Waals surface area contributed by atoms with Crippen LogP contribution in [0, 0.1) is 0 Å². The monoisotopic (exact) mass is 456 g/mol. The molecule has 32 heavy (non-hydrogen) atoms. The number of carbonyl (C=O) groups excluding carboxylic acids is 3. The highest BCUT2D eigenvalue weighted by Crippen LogP contribution is 2.14. The maximum atomic E-state index is 12.1. The largest absolute Gasteiger partial charge is 0.486 e. The van der Waals surface area contributed by atoms with Gasteiger partial charge in [0.25, 0.3) is 5.91 Å². The first-order chi connectivity index (χ1) is 15.5. The lowest BCUT2D eigenvalue weighted by Gasteiger charge is -2.09. The van der Waals surface area contributed by atoms with Crippen LogP contribution in [0.25, 0.3) is 0 Å². The van der Waals surface area contributed by atoms with Crippen LogP contribution in [0.3, 0.4) is 0 Å². The zero-order chi connectivity index (χ0) is 22.8. The summed E-state index contributed by atoms with van der Waals surface area (Å²) in [5.74, 6) is 0.244. The van der Waals surface area contributed by atoms with Gasteiger partial charge in [-0.05, 0) is 48.5 Å². The molecule has 0 spiro atoms. The van der Waals surface area contributed by atoms with Gasteiger partial charge in [-0.3, -0.25) is 15.0 Å². The van der Waals surface area contributed by atoms with E-state index < -0.39 is 11.9 Å². The van der Waals surface area contributed by atoms with Crippen LogP contribution < -0.4 is 26.2 Å². The van der Waals surface area contributed by atoms with Crippen molar-refractivity contribution in [1.82, 2.24) is 21.5 Å². The van der Waals surface area contributed by atoms with E-state index in [4.69, 9.17) is 20.8 Å². The van der Waals surface area contributed by atoms with Crippen LogP contribution >= 0.6 is 11.6 Å². The number of benzene rings is 2. The summed E-state index contributed by atoms with van der Waals surface area (Å²) in [7, 11) is 0. The maximum Gasteiger partial charge on any atom is 0.333 e. The van der Waals surface area contributed by atoms with Gasteiger partial charge in [0.1, 0.15) is 18.1 Å². The molecule has 0 bridgehead atoms. The Morgan fingerprint density at radius 1 is 0.812 bits per heavy atom. The molecule has 1 heterocycles. The van der Waals surface area contributed by atoms with Crippen molar-refractivity contribution in [2.45, 2.75) is 6.61 Å². The summed E-state index contributed by atoms with van der Waals surface area (Å²) in [6.07, 6.45) is 0.